The van der Waals surface area contributed by atoms with Gasteiger partial charge in [-0.05, 0) is 31.5 Å². The molecule has 0 aliphatic heterocycles. The molecular weight excluding hydrogens is 268 g/mol. The Labute approximate surface area is 123 Å². The molecule has 21 heavy (non-hydrogen) atoms. The van der Waals surface area contributed by atoms with Gasteiger partial charge in [-0.15, -0.1) is 0 Å². The lowest BCUT2D eigenvalue weighted by Gasteiger charge is -2.23. The normalized spacial score (nSPS) is 10.4. The number of pyridine rings is 1. The number of nitrogens with one attached hydrogen (secondary N) is 1. The fourth-order valence-corrected chi connectivity index (χ4v) is 2.00. The molecule has 0 radical (unpaired) electrons. The minimum Gasteiger partial charge on any atom is -0.395 e. The summed E-state index contributed by atoms with van der Waals surface area (Å²) in [5.41, 5.74) is 7.67. The van der Waals surface area contributed by atoms with E-state index in [0.717, 1.165) is 5.56 Å². The van der Waals surface area contributed by atoms with Gasteiger partial charge >= 0.3 is 0 Å². The molecule has 0 aliphatic carbocycles. The predicted molar refractivity (Wildman–Crippen MR) is 83.7 cm³/mol. The highest BCUT2D eigenvalue weighted by Gasteiger charge is 2.14. The molecule has 2 heterocycles. The first-order valence-electron chi connectivity index (χ1n) is 6.81. The first-order chi connectivity index (χ1) is 10.2. The van der Waals surface area contributed by atoms with Gasteiger partial charge in [0.1, 0.15) is 17.8 Å². The van der Waals surface area contributed by atoms with E-state index < -0.39 is 0 Å². The predicted octanol–water partition coefficient (Wildman–Crippen LogP) is 1.32. The number of anilines is 4. The highest BCUT2D eigenvalue weighted by molar-refractivity contribution is 5.77. The fourth-order valence-electron chi connectivity index (χ4n) is 2.00. The van der Waals surface area contributed by atoms with Crippen LogP contribution in [0.25, 0.3) is 0 Å². The molecule has 0 unspecified atom stereocenters. The number of aliphatic hydroxyl groups excluding tert-OH is 1. The summed E-state index contributed by atoms with van der Waals surface area (Å²) in [6, 6.07) is 3.83. The Hall–Kier alpha value is -2.41. The molecule has 7 nitrogen and oxygen atoms in total. The minimum absolute atomic E-state index is 0.0412. The number of nitrogens with zero attached hydrogens (tertiary/aromatic N) is 4. The summed E-state index contributed by atoms with van der Waals surface area (Å²) in [6.45, 7) is 5.18. The SMILES string of the molecule is CCN(CCO)c1ncnc(Nc2cc(C)ccn2)c1N. The summed E-state index contributed by atoms with van der Waals surface area (Å²) in [6.07, 6.45) is 3.17. The van der Waals surface area contributed by atoms with Gasteiger partial charge in [0.25, 0.3) is 0 Å². The van der Waals surface area contributed by atoms with E-state index in [1.54, 1.807) is 6.20 Å². The number of aryl methyl sites for hydroxylation is 1. The summed E-state index contributed by atoms with van der Waals surface area (Å²) in [5, 5.41) is 12.2. The topological polar surface area (TPSA) is 100 Å². The van der Waals surface area contributed by atoms with Crippen LogP contribution in [-0.2, 0) is 0 Å². The van der Waals surface area contributed by atoms with Crippen molar-refractivity contribution in [2.24, 2.45) is 0 Å². The van der Waals surface area contributed by atoms with E-state index in [9.17, 15) is 0 Å². The number of nitrogen functional groups attached to an aromatic ring is 1. The monoisotopic (exact) mass is 288 g/mol. The van der Waals surface area contributed by atoms with Crippen LogP contribution < -0.4 is 16.0 Å². The molecule has 2 aromatic rings. The zero-order valence-corrected chi connectivity index (χ0v) is 12.2. The molecule has 0 spiro atoms. The molecule has 112 valence electrons. The lowest BCUT2D eigenvalue weighted by molar-refractivity contribution is 0.302. The second-order valence-electron chi connectivity index (χ2n) is 4.61. The first kappa shape index (κ1) is 15.0. The molecule has 0 bridgehead atoms. The maximum atomic E-state index is 9.10. The largest absolute Gasteiger partial charge is 0.395 e. The van der Waals surface area contributed by atoms with Crippen molar-refractivity contribution in [2.75, 3.05) is 35.6 Å². The van der Waals surface area contributed by atoms with E-state index in [2.05, 4.69) is 20.3 Å². The molecule has 0 saturated carbocycles. The summed E-state index contributed by atoms with van der Waals surface area (Å²) in [4.78, 5) is 14.5. The quantitative estimate of drug-likeness (QED) is 0.737. The smallest absolute Gasteiger partial charge is 0.160 e. The number of nitrogens with two attached hydrogens (primary N) is 1. The van der Waals surface area contributed by atoms with E-state index in [4.69, 9.17) is 10.8 Å². The van der Waals surface area contributed by atoms with Crippen molar-refractivity contribution < 1.29 is 5.11 Å². The Morgan fingerprint density at radius 1 is 1.33 bits per heavy atom. The minimum atomic E-state index is 0.0412. The number of aliphatic hydroxyl groups is 1. The molecule has 0 aliphatic rings. The molecule has 4 N–H and O–H groups in total. The van der Waals surface area contributed by atoms with Crippen molar-refractivity contribution in [3.05, 3.63) is 30.2 Å². The van der Waals surface area contributed by atoms with Crippen LogP contribution in [0.1, 0.15) is 12.5 Å². The summed E-state index contributed by atoms with van der Waals surface area (Å²) in [5.74, 6) is 1.79. The fraction of sp³-hybridized carbons (Fsp3) is 0.357. The lowest BCUT2D eigenvalue weighted by Crippen LogP contribution is -2.28. The van der Waals surface area contributed by atoms with Crippen molar-refractivity contribution in [3.8, 4) is 0 Å². The van der Waals surface area contributed by atoms with Gasteiger partial charge in [0.15, 0.2) is 11.6 Å². The van der Waals surface area contributed by atoms with Gasteiger partial charge < -0.3 is 21.1 Å². The number of hydrogen-bond donors (Lipinski definition) is 3. The number of rotatable bonds is 6. The van der Waals surface area contributed by atoms with Crippen LogP contribution in [-0.4, -0.2) is 39.8 Å². The summed E-state index contributed by atoms with van der Waals surface area (Å²) < 4.78 is 0. The summed E-state index contributed by atoms with van der Waals surface area (Å²) >= 11 is 0. The second kappa shape index (κ2) is 6.85. The van der Waals surface area contributed by atoms with Crippen LogP contribution in [0.4, 0.5) is 23.1 Å². The average molecular weight is 288 g/mol. The van der Waals surface area contributed by atoms with Gasteiger partial charge in [-0.3, -0.25) is 0 Å². The third kappa shape index (κ3) is 3.57. The van der Waals surface area contributed by atoms with Crippen molar-refractivity contribution in [1.82, 2.24) is 15.0 Å². The van der Waals surface area contributed by atoms with E-state index in [1.807, 2.05) is 30.9 Å². The van der Waals surface area contributed by atoms with Gasteiger partial charge in [-0.25, -0.2) is 15.0 Å². The highest BCUT2D eigenvalue weighted by Crippen LogP contribution is 2.27. The van der Waals surface area contributed by atoms with Crippen LogP contribution in [0, 0.1) is 6.92 Å². The number of likely N-dealkylation sites (N-methyl/N-ethyl adjacent to an activating group) is 1. The van der Waals surface area contributed by atoms with Gasteiger partial charge in [0.2, 0.25) is 0 Å². The Morgan fingerprint density at radius 3 is 2.81 bits per heavy atom. The maximum absolute atomic E-state index is 9.10. The zero-order valence-electron chi connectivity index (χ0n) is 12.2. The molecule has 0 aromatic carbocycles. The highest BCUT2D eigenvalue weighted by atomic mass is 16.3. The van der Waals surface area contributed by atoms with E-state index >= 15 is 0 Å². The van der Waals surface area contributed by atoms with Crippen molar-refractivity contribution in [2.45, 2.75) is 13.8 Å². The molecule has 0 fully saturated rings. The molecule has 0 amide bonds. The third-order valence-electron chi connectivity index (χ3n) is 3.08. The van der Waals surface area contributed by atoms with Crippen LogP contribution in [0.2, 0.25) is 0 Å². The number of hydrogen-bond acceptors (Lipinski definition) is 7. The molecular formula is C14H20N6O. The molecule has 2 aromatic heterocycles. The van der Waals surface area contributed by atoms with E-state index in [-0.39, 0.29) is 6.61 Å². The van der Waals surface area contributed by atoms with Crippen molar-refractivity contribution in [1.29, 1.82) is 0 Å². The van der Waals surface area contributed by atoms with Crippen molar-refractivity contribution >= 4 is 23.1 Å². The molecule has 0 atom stereocenters. The molecule has 7 heteroatoms. The molecule has 0 saturated heterocycles. The number of aromatic nitrogens is 3. The first-order valence-corrected chi connectivity index (χ1v) is 6.81. The Morgan fingerprint density at radius 2 is 2.14 bits per heavy atom. The van der Waals surface area contributed by atoms with Gasteiger partial charge in [0.05, 0.1) is 6.61 Å². The van der Waals surface area contributed by atoms with Gasteiger partial charge in [-0.1, -0.05) is 0 Å². The molecule has 2 rings (SSSR count). The maximum Gasteiger partial charge on any atom is 0.160 e. The van der Waals surface area contributed by atoms with Gasteiger partial charge in [-0.2, -0.15) is 0 Å². The van der Waals surface area contributed by atoms with Crippen LogP contribution in [0.5, 0.6) is 0 Å². The Balaban J connectivity index is 2.29. The summed E-state index contributed by atoms with van der Waals surface area (Å²) in [7, 11) is 0. The van der Waals surface area contributed by atoms with E-state index in [1.165, 1.54) is 6.33 Å². The third-order valence-corrected chi connectivity index (χ3v) is 3.08. The van der Waals surface area contributed by atoms with Crippen LogP contribution >= 0.6 is 0 Å². The average Bonchev–Trinajstić information content (AvgIpc) is 2.47. The van der Waals surface area contributed by atoms with Gasteiger partial charge in [0, 0.05) is 19.3 Å². The Bertz CT molecular complexity index is 604. The Kier molecular flexibility index (Phi) is 4.89. The van der Waals surface area contributed by atoms with Crippen molar-refractivity contribution in [3.63, 3.8) is 0 Å². The standard InChI is InChI=1S/C14H20N6O/c1-3-20(6-7-21)14-12(15)13(17-9-18-14)19-11-8-10(2)4-5-16-11/h4-5,8-9,21H,3,6-7,15H2,1-2H3,(H,16,17,18,19). The van der Waals surface area contributed by atoms with Crippen LogP contribution in [0.3, 0.4) is 0 Å². The zero-order chi connectivity index (χ0) is 15.2. The lowest BCUT2D eigenvalue weighted by atomic mass is 10.3. The van der Waals surface area contributed by atoms with Crippen LogP contribution in [0.15, 0.2) is 24.7 Å². The van der Waals surface area contributed by atoms with E-state index in [0.29, 0.717) is 36.2 Å². The second-order valence-corrected chi connectivity index (χ2v) is 4.61.